The van der Waals surface area contributed by atoms with E-state index in [1.165, 1.54) is 32.1 Å². The van der Waals surface area contributed by atoms with Crippen molar-refractivity contribution >= 4 is 0 Å². The van der Waals surface area contributed by atoms with Crippen molar-refractivity contribution in [1.82, 2.24) is 5.32 Å². The highest BCUT2D eigenvalue weighted by Crippen LogP contribution is 2.30. The average molecular weight is 271 g/mol. The molecule has 0 saturated heterocycles. The second kappa shape index (κ2) is 9.73. The molecule has 0 radical (unpaired) electrons. The van der Waals surface area contributed by atoms with E-state index in [9.17, 15) is 0 Å². The second-order valence-corrected chi connectivity index (χ2v) is 5.78. The molecule has 1 fully saturated rings. The van der Waals surface area contributed by atoms with Crippen LogP contribution >= 0.6 is 0 Å². The summed E-state index contributed by atoms with van der Waals surface area (Å²) in [6.45, 7) is 11.1. The molecule has 0 amide bonds. The van der Waals surface area contributed by atoms with Crippen molar-refractivity contribution in [3.05, 3.63) is 0 Å². The summed E-state index contributed by atoms with van der Waals surface area (Å²) in [5, 5.41) is 3.59. The Morgan fingerprint density at radius 2 is 2.00 bits per heavy atom. The lowest BCUT2D eigenvalue weighted by Crippen LogP contribution is -2.47. The van der Waals surface area contributed by atoms with Gasteiger partial charge < -0.3 is 14.8 Å². The zero-order chi connectivity index (χ0) is 14.1. The van der Waals surface area contributed by atoms with Gasteiger partial charge >= 0.3 is 0 Å². The van der Waals surface area contributed by atoms with Gasteiger partial charge in [0.15, 0.2) is 0 Å². The first-order valence-corrected chi connectivity index (χ1v) is 8.17. The maximum atomic E-state index is 6.25. The molecule has 3 heteroatoms. The first-order chi connectivity index (χ1) is 9.21. The predicted octanol–water partition coefficient (Wildman–Crippen LogP) is 3.37. The second-order valence-electron chi connectivity index (χ2n) is 5.78. The van der Waals surface area contributed by atoms with Gasteiger partial charge in [-0.15, -0.1) is 0 Å². The van der Waals surface area contributed by atoms with E-state index in [1.807, 2.05) is 6.92 Å². The zero-order valence-corrected chi connectivity index (χ0v) is 13.3. The Bertz CT molecular complexity index is 223. The van der Waals surface area contributed by atoms with Gasteiger partial charge in [0.1, 0.15) is 0 Å². The summed E-state index contributed by atoms with van der Waals surface area (Å²) in [5.41, 5.74) is 0. The smallest absolute Gasteiger partial charge is 0.0785 e. The lowest BCUT2D eigenvalue weighted by atomic mass is 9.81. The fourth-order valence-electron chi connectivity index (χ4n) is 3.15. The number of rotatable bonds is 9. The molecular formula is C16H33NO2. The van der Waals surface area contributed by atoms with Crippen molar-refractivity contribution in [2.45, 2.75) is 78.0 Å². The van der Waals surface area contributed by atoms with Crippen LogP contribution in [0.4, 0.5) is 0 Å². The van der Waals surface area contributed by atoms with Crippen molar-refractivity contribution in [3.8, 4) is 0 Å². The topological polar surface area (TPSA) is 30.5 Å². The van der Waals surface area contributed by atoms with Crippen LogP contribution in [0.1, 0.15) is 59.8 Å². The van der Waals surface area contributed by atoms with E-state index in [0.29, 0.717) is 18.8 Å². The minimum Gasteiger partial charge on any atom is -0.379 e. The molecule has 1 aliphatic carbocycles. The van der Waals surface area contributed by atoms with E-state index in [4.69, 9.17) is 9.47 Å². The Morgan fingerprint density at radius 1 is 1.21 bits per heavy atom. The Labute approximate surface area is 119 Å². The fraction of sp³-hybridized carbons (Fsp3) is 1.00. The Balaban J connectivity index is 2.45. The molecule has 1 N–H and O–H groups in total. The zero-order valence-electron chi connectivity index (χ0n) is 13.3. The van der Waals surface area contributed by atoms with Gasteiger partial charge in [-0.1, -0.05) is 26.7 Å². The third-order valence-electron chi connectivity index (χ3n) is 4.03. The predicted molar refractivity (Wildman–Crippen MR) is 80.5 cm³/mol. The maximum Gasteiger partial charge on any atom is 0.0785 e. The molecule has 1 aliphatic rings. The molecule has 19 heavy (non-hydrogen) atoms. The van der Waals surface area contributed by atoms with Crippen molar-refractivity contribution in [1.29, 1.82) is 0 Å². The van der Waals surface area contributed by atoms with E-state index in [-0.39, 0.29) is 6.10 Å². The molecule has 114 valence electrons. The quantitative estimate of drug-likeness (QED) is 0.697. The van der Waals surface area contributed by atoms with Crippen LogP contribution in [0.25, 0.3) is 0 Å². The molecule has 1 saturated carbocycles. The van der Waals surface area contributed by atoms with Gasteiger partial charge in [-0.2, -0.15) is 0 Å². The summed E-state index contributed by atoms with van der Waals surface area (Å²) in [6.07, 6.45) is 7.01. The molecule has 0 aliphatic heterocycles. The molecule has 4 unspecified atom stereocenters. The molecule has 0 heterocycles. The number of ether oxygens (including phenoxy) is 2. The molecule has 0 spiro atoms. The summed E-state index contributed by atoms with van der Waals surface area (Å²) in [4.78, 5) is 0. The first-order valence-electron chi connectivity index (χ1n) is 8.17. The molecule has 0 aromatic carbocycles. The highest BCUT2D eigenvalue weighted by molar-refractivity contribution is 4.86. The van der Waals surface area contributed by atoms with Crippen LogP contribution in [-0.4, -0.2) is 38.0 Å². The van der Waals surface area contributed by atoms with Crippen molar-refractivity contribution in [2.24, 2.45) is 5.92 Å². The highest BCUT2D eigenvalue weighted by atomic mass is 16.5. The largest absolute Gasteiger partial charge is 0.379 e. The number of nitrogens with one attached hydrogen (secondary N) is 1. The van der Waals surface area contributed by atoms with Gasteiger partial charge in [0.05, 0.1) is 18.8 Å². The van der Waals surface area contributed by atoms with E-state index in [1.54, 1.807) is 0 Å². The van der Waals surface area contributed by atoms with Crippen LogP contribution in [0.3, 0.4) is 0 Å². The molecular weight excluding hydrogens is 238 g/mol. The molecule has 3 nitrogen and oxygen atoms in total. The highest BCUT2D eigenvalue weighted by Gasteiger charge is 2.31. The third kappa shape index (κ3) is 6.24. The third-order valence-corrected chi connectivity index (χ3v) is 4.03. The SMILES string of the molecule is CCCC1CCC(NCC)C(OC(C)COCC)C1. The Kier molecular flexibility index (Phi) is 8.67. The Hall–Kier alpha value is -0.120. The van der Waals surface area contributed by atoms with Gasteiger partial charge in [0.25, 0.3) is 0 Å². The summed E-state index contributed by atoms with van der Waals surface area (Å²) < 4.78 is 11.7. The van der Waals surface area contributed by atoms with Crippen LogP contribution in [0, 0.1) is 5.92 Å². The van der Waals surface area contributed by atoms with E-state index >= 15 is 0 Å². The van der Waals surface area contributed by atoms with Gasteiger partial charge in [0, 0.05) is 12.6 Å². The summed E-state index contributed by atoms with van der Waals surface area (Å²) in [6, 6.07) is 0.530. The molecule has 1 rings (SSSR count). The first kappa shape index (κ1) is 16.9. The van der Waals surface area contributed by atoms with Crippen LogP contribution in [0.15, 0.2) is 0 Å². The molecule has 4 atom stereocenters. The fourth-order valence-corrected chi connectivity index (χ4v) is 3.15. The number of likely N-dealkylation sites (N-methyl/N-ethyl adjacent to an activating group) is 1. The Morgan fingerprint density at radius 3 is 2.63 bits per heavy atom. The van der Waals surface area contributed by atoms with Gasteiger partial charge in [0.2, 0.25) is 0 Å². The van der Waals surface area contributed by atoms with Gasteiger partial charge in [-0.25, -0.2) is 0 Å². The average Bonchev–Trinajstić information content (AvgIpc) is 2.40. The van der Waals surface area contributed by atoms with E-state index in [0.717, 1.165) is 19.1 Å². The van der Waals surface area contributed by atoms with Crippen LogP contribution < -0.4 is 5.32 Å². The van der Waals surface area contributed by atoms with Crippen molar-refractivity contribution in [3.63, 3.8) is 0 Å². The molecule has 0 aromatic rings. The maximum absolute atomic E-state index is 6.25. The standard InChI is InChI=1S/C16H33NO2/c1-5-8-14-9-10-15(17-6-2)16(11-14)19-13(4)12-18-7-3/h13-17H,5-12H2,1-4H3. The summed E-state index contributed by atoms with van der Waals surface area (Å²) in [5.74, 6) is 0.851. The normalized spacial score (nSPS) is 29.4. The van der Waals surface area contributed by atoms with Gasteiger partial charge in [-0.05, 0) is 45.6 Å². The van der Waals surface area contributed by atoms with Gasteiger partial charge in [-0.3, -0.25) is 0 Å². The molecule has 0 bridgehead atoms. The van der Waals surface area contributed by atoms with Crippen molar-refractivity contribution < 1.29 is 9.47 Å². The minimum atomic E-state index is 0.200. The monoisotopic (exact) mass is 271 g/mol. The molecule has 0 aromatic heterocycles. The van der Waals surface area contributed by atoms with Crippen LogP contribution in [0.2, 0.25) is 0 Å². The summed E-state index contributed by atoms with van der Waals surface area (Å²) in [7, 11) is 0. The summed E-state index contributed by atoms with van der Waals surface area (Å²) >= 11 is 0. The number of hydrogen-bond acceptors (Lipinski definition) is 3. The minimum absolute atomic E-state index is 0.200. The van der Waals surface area contributed by atoms with Crippen LogP contribution in [0.5, 0.6) is 0 Å². The van der Waals surface area contributed by atoms with Crippen LogP contribution in [-0.2, 0) is 9.47 Å². The lowest BCUT2D eigenvalue weighted by Gasteiger charge is -2.38. The van der Waals surface area contributed by atoms with Crippen molar-refractivity contribution in [2.75, 3.05) is 19.8 Å². The van der Waals surface area contributed by atoms with E-state index < -0.39 is 0 Å². The number of hydrogen-bond donors (Lipinski definition) is 1. The van der Waals surface area contributed by atoms with E-state index in [2.05, 4.69) is 26.1 Å². The lowest BCUT2D eigenvalue weighted by molar-refractivity contribution is -0.0789.